The first-order valence-electron chi connectivity index (χ1n) is 6.20. The van der Waals surface area contributed by atoms with Crippen molar-refractivity contribution in [3.63, 3.8) is 0 Å². The van der Waals surface area contributed by atoms with Gasteiger partial charge in [-0.2, -0.15) is 0 Å². The van der Waals surface area contributed by atoms with Crippen molar-refractivity contribution in [2.75, 3.05) is 18.0 Å². The molecular formula is C12H14N4O3. The van der Waals surface area contributed by atoms with Crippen LogP contribution in [0.1, 0.15) is 12.8 Å². The monoisotopic (exact) mass is 262 g/mol. The van der Waals surface area contributed by atoms with Crippen molar-refractivity contribution in [2.45, 2.75) is 18.9 Å². The third-order valence-corrected chi connectivity index (χ3v) is 3.43. The van der Waals surface area contributed by atoms with Crippen LogP contribution in [-0.2, 0) is 0 Å². The number of fused-ring (bicyclic) bond motifs is 1. The molecule has 2 heterocycles. The highest BCUT2D eigenvalue weighted by atomic mass is 16.6. The number of imidazole rings is 1. The van der Waals surface area contributed by atoms with Crippen molar-refractivity contribution >= 4 is 22.7 Å². The minimum atomic E-state index is -0.419. The van der Waals surface area contributed by atoms with E-state index >= 15 is 0 Å². The second-order valence-electron chi connectivity index (χ2n) is 4.74. The Morgan fingerprint density at radius 1 is 1.42 bits per heavy atom. The van der Waals surface area contributed by atoms with Crippen LogP contribution in [0.4, 0.5) is 11.6 Å². The number of nitro groups is 1. The smallest absolute Gasteiger partial charge is 0.271 e. The van der Waals surface area contributed by atoms with E-state index in [1.54, 1.807) is 6.07 Å². The number of nitro benzene ring substituents is 1. The molecule has 7 heteroatoms. The van der Waals surface area contributed by atoms with Gasteiger partial charge in [-0.25, -0.2) is 4.98 Å². The van der Waals surface area contributed by atoms with E-state index in [1.807, 2.05) is 0 Å². The summed E-state index contributed by atoms with van der Waals surface area (Å²) in [5.41, 5.74) is 1.43. The molecule has 2 aromatic rings. The number of H-pyrrole nitrogens is 1. The number of nitrogens with zero attached hydrogens (tertiary/aromatic N) is 3. The molecule has 1 aromatic carbocycles. The standard InChI is InChI=1S/C12H14N4O3/c17-9-3-5-15(6-4-9)12-13-10-2-1-8(16(18)19)7-11(10)14-12/h1-2,7,9,17H,3-6H2,(H,13,14). The third-order valence-electron chi connectivity index (χ3n) is 3.43. The van der Waals surface area contributed by atoms with Crippen LogP contribution in [0, 0.1) is 10.1 Å². The van der Waals surface area contributed by atoms with E-state index in [-0.39, 0.29) is 11.8 Å². The summed E-state index contributed by atoms with van der Waals surface area (Å²) >= 11 is 0. The lowest BCUT2D eigenvalue weighted by molar-refractivity contribution is -0.384. The second-order valence-corrected chi connectivity index (χ2v) is 4.74. The Hall–Kier alpha value is -2.15. The lowest BCUT2D eigenvalue weighted by atomic mass is 10.1. The number of benzene rings is 1. The van der Waals surface area contributed by atoms with E-state index < -0.39 is 4.92 Å². The minimum Gasteiger partial charge on any atom is -0.393 e. The van der Waals surface area contributed by atoms with Gasteiger partial charge in [0.25, 0.3) is 5.69 Å². The maximum atomic E-state index is 10.7. The molecule has 1 aliphatic heterocycles. The molecule has 0 bridgehead atoms. The number of aliphatic hydroxyl groups is 1. The van der Waals surface area contributed by atoms with Crippen molar-refractivity contribution in [3.05, 3.63) is 28.3 Å². The molecule has 1 saturated heterocycles. The van der Waals surface area contributed by atoms with Crippen LogP contribution in [0.25, 0.3) is 11.0 Å². The lowest BCUT2D eigenvalue weighted by Crippen LogP contribution is -2.36. The highest BCUT2D eigenvalue weighted by Gasteiger charge is 2.20. The molecule has 100 valence electrons. The van der Waals surface area contributed by atoms with E-state index in [2.05, 4.69) is 14.9 Å². The average molecular weight is 262 g/mol. The van der Waals surface area contributed by atoms with Gasteiger partial charge in [0.05, 0.1) is 22.1 Å². The van der Waals surface area contributed by atoms with Gasteiger partial charge in [-0.3, -0.25) is 10.1 Å². The Bertz CT molecular complexity index is 616. The molecule has 2 N–H and O–H groups in total. The predicted octanol–water partition coefficient (Wildman–Crippen LogP) is 1.43. The molecule has 1 aromatic heterocycles. The van der Waals surface area contributed by atoms with E-state index in [1.165, 1.54) is 12.1 Å². The minimum absolute atomic E-state index is 0.0526. The molecule has 0 unspecified atom stereocenters. The van der Waals surface area contributed by atoms with Gasteiger partial charge in [-0.05, 0) is 18.9 Å². The molecule has 0 radical (unpaired) electrons. The molecule has 1 aliphatic rings. The van der Waals surface area contributed by atoms with Crippen LogP contribution < -0.4 is 4.90 Å². The first-order chi connectivity index (χ1) is 9.13. The van der Waals surface area contributed by atoms with E-state index in [0.29, 0.717) is 17.0 Å². The van der Waals surface area contributed by atoms with Crippen LogP contribution in [0.5, 0.6) is 0 Å². The zero-order valence-electron chi connectivity index (χ0n) is 10.2. The molecule has 19 heavy (non-hydrogen) atoms. The number of nitrogens with one attached hydrogen (secondary N) is 1. The summed E-state index contributed by atoms with van der Waals surface area (Å²) in [6.07, 6.45) is 1.20. The van der Waals surface area contributed by atoms with Crippen molar-refractivity contribution in [1.29, 1.82) is 0 Å². The van der Waals surface area contributed by atoms with Gasteiger partial charge in [0.15, 0.2) is 0 Å². The highest BCUT2D eigenvalue weighted by molar-refractivity contribution is 5.80. The average Bonchev–Trinajstić information content (AvgIpc) is 2.82. The largest absolute Gasteiger partial charge is 0.393 e. The molecule has 0 amide bonds. The Kier molecular flexibility index (Phi) is 2.83. The summed E-state index contributed by atoms with van der Waals surface area (Å²) in [6, 6.07) is 4.59. The van der Waals surface area contributed by atoms with E-state index in [4.69, 9.17) is 0 Å². The number of anilines is 1. The number of hydrogen-bond donors (Lipinski definition) is 2. The van der Waals surface area contributed by atoms with Crippen LogP contribution in [0.15, 0.2) is 18.2 Å². The number of non-ortho nitro benzene ring substituents is 1. The Morgan fingerprint density at radius 3 is 2.84 bits per heavy atom. The van der Waals surface area contributed by atoms with Crippen LogP contribution >= 0.6 is 0 Å². The number of aromatic nitrogens is 2. The molecule has 3 rings (SSSR count). The fourth-order valence-electron chi connectivity index (χ4n) is 2.33. The Balaban J connectivity index is 1.91. The number of aliphatic hydroxyl groups excluding tert-OH is 1. The second kappa shape index (κ2) is 4.51. The highest BCUT2D eigenvalue weighted by Crippen LogP contribution is 2.23. The number of hydrogen-bond acceptors (Lipinski definition) is 5. The normalized spacial score (nSPS) is 17.0. The first-order valence-corrected chi connectivity index (χ1v) is 6.20. The number of aromatic amines is 1. The van der Waals surface area contributed by atoms with Gasteiger partial charge in [0.2, 0.25) is 5.95 Å². The van der Waals surface area contributed by atoms with Crippen molar-refractivity contribution in [1.82, 2.24) is 9.97 Å². The maximum absolute atomic E-state index is 10.7. The summed E-state index contributed by atoms with van der Waals surface area (Å²) in [5.74, 6) is 0.711. The molecule has 0 spiro atoms. The quantitative estimate of drug-likeness (QED) is 0.630. The molecule has 0 atom stereocenters. The van der Waals surface area contributed by atoms with Crippen LogP contribution in [-0.4, -0.2) is 39.2 Å². The van der Waals surface area contributed by atoms with Gasteiger partial charge in [-0.1, -0.05) is 0 Å². The molecule has 0 aliphatic carbocycles. The summed E-state index contributed by atoms with van der Waals surface area (Å²) in [5, 5.41) is 20.2. The molecule has 7 nitrogen and oxygen atoms in total. The van der Waals surface area contributed by atoms with Crippen molar-refractivity contribution in [3.8, 4) is 0 Å². The van der Waals surface area contributed by atoms with Gasteiger partial charge >= 0.3 is 0 Å². The fourth-order valence-corrected chi connectivity index (χ4v) is 2.33. The van der Waals surface area contributed by atoms with Gasteiger partial charge < -0.3 is 15.0 Å². The van der Waals surface area contributed by atoms with Crippen molar-refractivity contribution < 1.29 is 10.0 Å². The first kappa shape index (κ1) is 11.9. The Morgan fingerprint density at radius 2 is 2.16 bits per heavy atom. The summed E-state index contributed by atoms with van der Waals surface area (Å²) in [7, 11) is 0. The number of rotatable bonds is 2. The summed E-state index contributed by atoms with van der Waals surface area (Å²) in [4.78, 5) is 19.9. The summed E-state index contributed by atoms with van der Waals surface area (Å²) in [6.45, 7) is 1.48. The summed E-state index contributed by atoms with van der Waals surface area (Å²) < 4.78 is 0. The van der Waals surface area contributed by atoms with Gasteiger partial charge in [0.1, 0.15) is 0 Å². The molecule has 1 fully saturated rings. The SMILES string of the molecule is O=[N+]([O-])c1ccc2nc(N3CCC(O)CC3)[nH]c2c1. The fraction of sp³-hybridized carbons (Fsp3) is 0.417. The van der Waals surface area contributed by atoms with E-state index in [9.17, 15) is 15.2 Å². The van der Waals surface area contributed by atoms with Crippen LogP contribution in [0.2, 0.25) is 0 Å². The lowest BCUT2D eigenvalue weighted by Gasteiger charge is -2.29. The Labute approximate surface area is 109 Å². The van der Waals surface area contributed by atoms with Gasteiger partial charge in [-0.15, -0.1) is 0 Å². The van der Waals surface area contributed by atoms with Gasteiger partial charge in [0, 0.05) is 25.2 Å². The topological polar surface area (TPSA) is 95.3 Å². The maximum Gasteiger partial charge on any atom is 0.271 e. The van der Waals surface area contributed by atoms with E-state index in [0.717, 1.165) is 25.9 Å². The zero-order chi connectivity index (χ0) is 13.4. The molecule has 0 saturated carbocycles. The predicted molar refractivity (Wildman–Crippen MR) is 70.2 cm³/mol. The van der Waals surface area contributed by atoms with Crippen molar-refractivity contribution in [2.24, 2.45) is 0 Å². The van der Waals surface area contributed by atoms with Crippen LogP contribution in [0.3, 0.4) is 0 Å². The zero-order valence-corrected chi connectivity index (χ0v) is 10.2. The third kappa shape index (κ3) is 2.24. The molecular weight excluding hydrogens is 248 g/mol. The number of piperidine rings is 1.